The van der Waals surface area contributed by atoms with E-state index in [0.29, 0.717) is 29.5 Å². The number of hydrogen-bond donors (Lipinski definition) is 2. The molecule has 56 heavy (non-hydrogen) atoms. The largest absolute Gasteiger partial charge is 0.508 e. The zero-order valence-corrected chi connectivity index (χ0v) is 31.0. The fourth-order valence-corrected chi connectivity index (χ4v) is 9.34. The van der Waals surface area contributed by atoms with Crippen molar-refractivity contribution in [3.63, 3.8) is 0 Å². The van der Waals surface area contributed by atoms with Crippen molar-refractivity contribution < 1.29 is 33.4 Å². The topological polar surface area (TPSA) is 123 Å². The van der Waals surface area contributed by atoms with E-state index in [9.17, 15) is 24.3 Å². The number of carbonyl (C=O) groups is 4. The first-order valence-corrected chi connectivity index (χ1v) is 19.6. The van der Waals surface area contributed by atoms with Crippen molar-refractivity contribution >= 4 is 35.0 Å². The second-order valence-electron chi connectivity index (χ2n) is 15.6. The van der Waals surface area contributed by atoms with E-state index in [0.717, 1.165) is 85.9 Å². The van der Waals surface area contributed by atoms with Crippen LogP contribution in [-0.4, -0.2) is 97.0 Å². The van der Waals surface area contributed by atoms with Gasteiger partial charge in [0.1, 0.15) is 23.4 Å². The minimum absolute atomic E-state index is 0.00259. The minimum atomic E-state index is -0.981. The van der Waals surface area contributed by atoms with Gasteiger partial charge < -0.3 is 19.6 Å². The van der Waals surface area contributed by atoms with Crippen LogP contribution in [0, 0.1) is 11.7 Å². The van der Waals surface area contributed by atoms with E-state index in [4.69, 9.17) is 4.74 Å². The Hall–Kier alpha value is -5.75. The Morgan fingerprint density at radius 2 is 1.52 bits per heavy atom. The molecule has 4 aromatic rings. The van der Waals surface area contributed by atoms with Crippen molar-refractivity contribution in [2.24, 2.45) is 5.92 Å². The van der Waals surface area contributed by atoms with Gasteiger partial charge in [-0.25, -0.2) is 4.39 Å². The van der Waals surface area contributed by atoms with E-state index >= 15 is 4.39 Å². The first kappa shape index (κ1) is 35.9. The van der Waals surface area contributed by atoms with Gasteiger partial charge in [-0.15, -0.1) is 0 Å². The van der Waals surface area contributed by atoms with Crippen LogP contribution in [0.1, 0.15) is 74.9 Å². The number of amides is 4. The second kappa shape index (κ2) is 14.7. The monoisotopic (exact) mass is 757 g/mol. The Labute approximate surface area is 324 Å². The molecule has 9 rings (SSSR count). The third kappa shape index (κ3) is 6.65. The number of phenolic OH excluding ortho intramolecular Hbond substituents is 1. The molecule has 4 amide bonds. The summed E-state index contributed by atoms with van der Waals surface area (Å²) in [6, 6.07) is 25.4. The number of rotatable bonds is 7. The number of aromatic hydroxyl groups is 1. The molecular weight excluding hydrogens is 714 g/mol. The van der Waals surface area contributed by atoms with Crippen molar-refractivity contribution in [2.45, 2.75) is 43.6 Å². The smallest absolute Gasteiger partial charge is 0.262 e. The molecule has 5 aliphatic heterocycles. The Balaban J connectivity index is 0.802. The van der Waals surface area contributed by atoms with Gasteiger partial charge in [-0.1, -0.05) is 42.5 Å². The first-order valence-electron chi connectivity index (χ1n) is 19.6. The SMILES string of the molecule is O=C1CCC(N2C(=O)c3ccc(N4CCN(CC5CCN(c6ccc(C7c8ccc(O)cc8OC[C@@H]7c7ccccc7)cc6F)CC5)CC4)cc3C2=O)C(=O)N1. The molecule has 2 unspecified atom stereocenters. The molecule has 11 nitrogen and oxygen atoms in total. The maximum atomic E-state index is 16.1. The molecule has 0 spiro atoms. The normalized spacial score (nSPS) is 23.2. The quantitative estimate of drug-likeness (QED) is 0.243. The molecule has 2 N–H and O–H groups in total. The number of piperidine rings is 2. The molecule has 5 heterocycles. The summed E-state index contributed by atoms with van der Waals surface area (Å²) in [7, 11) is 0. The van der Waals surface area contributed by atoms with Crippen LogP contribution < -0.4 is 19.9 Å². The van der Waals surface area contributed by atoms with Crippen molar-refractivity contribution in [1.29, 1.82) is 0 Å². The molecule has 0 radical (unpaired) electrons. The lowest BCUT2D eigenvalue weighted by Gasteiger charge is -2.40. The molecule has 5 aliphatic rings. The average molecular weight is 758 g/mol. The molecule has 0 saturated carbocycles. The summed E-state index contributed by atoms with van der Waals surface area (Å²) in [4.78, 5) is 58.4. The highest BCUT2D eigenvalue weighted by Gasteiger charge is 2.45. The fraction of sp³-hybridized carbons (Fsp3) is 0.364. The number of halogens is 1. The number of nitrogens with one attached hydrogen (secondary N) is 1. The maximum absolute atomic E-state index is 16.1. The van der Waals surface area contributed by atoms with Crippen LogP contribution in [0.4, 0.5) is 15.8 Å². The summed E-state index contributed by atoms with van der Waals surface area (Å²) in [5.74, 6) is -1.08. The highest BCUT2D eigenvalue weighted by atomic mass is 19.1. The zero-order valence-electron chi connectivity index (χ0n) is 31.0. The molecule has 4 aromatic carbocycles. The van der Waals surface area contributed by atoms with E-state index in [2.05, 4.69) is 38.2 Å². The number of anilines is 2. The van der Waals surface area contributed by atoms with Crippen LogP contribution in [0.2, 0.25) is 0 Å². The molecular formula is C44H44FN5O6. The van der Waals surface area contributed by atoms with E-state index in [1.807, 2.05) is 36.4 Å². The number of imide groups is 2. The van der Waals surface area contributed by atoms with Crippen LogP contribution >= 0.6 is 0 Å². The van der Waals surface area contributed by atoms with E-state index in [1.54, 1.807) is 30.3 Å². The fourth-order valence-electron chi connectivity index (χ4n) is 9.34. The molecule has 12 heteroatoms. The first-order chi connectivity index (χ1) is 27.2. The number of hydrogen-bond acceptors (Lipinski definition) is 9. The lowest BCUT2D eigenvalue weighted by Crippen LogP contribution is -2.54. The molecule has 0 aromatic heterocycles. The molecule has 3 saturated heterocycles. The number of benzene rings is 4. The highest BCUT2D eigenvalue weighted by molar-refractivity contribution is 6.23. The van der Waals surface area contributed by atoms with E-state index in [1.165, 1.54) is 0 Å². The summed E-state index contributed by atoms with van der Waals surface area (Å²) >= 11 is 0. The van der Waals surface area contributed by atoms with Gasteiger partial charge in [0, 0.05) is 81.4 Å². The third-order valence-corrected chi connectivity index (χ3v) is 12.3. The third-order valence-electron chi connectivity index (χ3n) is 12.3. The van der Waals surface area contributed by atoms with Crippen LogP contribution in [0.25, 0.3) is 0 Å². The Bertz CT molecular complexity index is 2200. The summed E-state index contributed by atoms with van der Waals surface area (Å²) < 4.78 is 22.2. The van der Waals surface area contributed by atoms with Gasteiger partial charge in [-0.05, 0) is 72.7 Å². The van der Waals surface area contributed by atoms with Gasteiger partial charge in [0.15, 0.2) is 0 Å². The standard InChI is InChI=1S/C44H44FN5O6/c45-36-22-29(41-33-10-8-31(51)24-39(33)56-26-35(41)28-4-2-1-3-5-28)6-11-37(36)49-16-14-27(15-17-49)25-47-18-20-48(21-19-47)30-7-9-32-34(23-30)44(55)50(43(32)54)38-12-13-40(52)46-42(38)53/h1-11,22-24,27,35,38,41,51H,12-21,25-26H2,(H,46,52,53)/t35-,38?,41?/m1/s1. The molecule has 288 valence electrons. The Morgan fingerprint density at radius 1 is 0.750 bits per heavy atom. The van der Waals surface area contributed by atoms with Crippen LogP contribution in [0.15, 0.2) is 84.9 Å². The average Bonchev–Trinajstić information content (AvgIpc) is 3.46. The molecule has 3 atom stereocenters. The maximum Gasteiger partial charge on any atom is 0.262 e. The van der Waals surface area contributed by atoms with Crippen molar-refractivity contribution in [1.82, 2.24) is 15.1 Å². The summed E-state index contributed by atoms with van der Waals surface area (Å²) in [5.41, 5.74) is 5.03. The van der Waals surface area contributed by atoms with Crippen LogP contribution in [-0.2, 0) is 9.59 Å². The molecule has 0 aliphatic carbocycles. The molecule has 0 bridgehead atoms. The van der Waals surface area contributed by atoms with Gasteiger partial charge >= 0.3 is 0 Å². The van der Waals surface area contributed by atoms with Crippen LogP contribution in [0.5, 0.6) is 11.5 Å². The number of piperazine rings is 1. The number of phenols is 1. The summed E-state index contributed by atoms with van der Waals surface area (Å²) in [5, 5.41) is 12.4. The number of ether oxygens (including phenoxy) is 1. The minimum Gasteiger partial charge on any atom is -0.508 e. The predicted molar refractivity (Wildman–Crippen MR) is 208 cm³/mol. The lowest BCUT2D eigenvalue weighted by molar-refractivity contribution is -0.136. The second-order valence-corrected chi connectivity index (χ2v) is 15.6. The van der Waals surface area contributed by atoms with E-state index < -0.39 is 29.7 Å². The Kier molecular flexibility index (Phi) is 9.44. The van der Waals surface area contributed by atoms with Gasteiger partial charge in [0.25, 0.3) is 11.8 Å². The number of carbonyl (C=O) groups excluding carboxylic acids is 4. The Morgan fingerprint density at radius 3 is 2.27 bits per heavy atom. The predicted octanol–water partition coefficient (Wildman–Crippen LogP) is 5.28. The highest BCUT2D eigenvalue weighted by Crippen LogP contribution is 2.47. The lowest BCUT2D eigenvalue weighted by atomic mass is 9.76. The van der Waals surface area contributed by atoms with E-state index in [-0.39, 0.29) is 41.8 Å². The van der Waals surface area contributed by atoms with Gasteiger partial charge in [0.05, 0.1) is 23.4 Å². The molecule has 3 fully saturated rings. The summed E-state index contributed by atoms with van der Waals surface area (Å²) in [6.45, 7) is 6.25. The summed E-state index contributed by atoms with van der Waals surface area (Å²) in [6.07, 6.45) is 2.16. The van der Waals surface area contributed by atoms with Crippen molar-refractivity contribution in [3.8, 4) is 11.5 Å². The zero-order chi connectivity index (χ0) is 38.5. The number of nitrogens with zero attached hydrogens (tertiary/aromatic N) is 4. The van der Waals surface area contributed by atoms with Crippen molar-refractivity contribution in [2.75, 3.05) is 62.2 Å². The van der Waals surface area contributed by atoms with Crippen molar-refractivity contribution in [3.05, 3.63) is 119 Å². The van der Waals surface area contributed by atoms with Gasteiger partial charge in [0.2, 0.25) is 11.8 Å². The number of fused-ring (bicyclic) bond motifs is 2. The van der Waals surface area contributed by atoms with Gasteiger partial charge in [-0.2, -0.15) is 0 Å². The van der Waals surface area contributed by atoms with Gasteiger partial charge in [-0.3, -0.25) is 34.3 Å². The van der Waals surface area contributed by atoms with Crippen LogP contribution in [0.3, 0.4) is 0 Å².